The van der Waals surface area contributed by atoms with E-state index in [1.54, 1.807) is 12.1 Å². The second kappa shape index (κ2) is 5.60. The average molecular weight is 249 g/mol. The van der Waals surface area contributed by atoms with Crippen LogP contribution in [0.2, 0.25) is 0 Å². The van der Waals surface area contributed by atoms with Gasteiger partial charge in [0.2, 0.25) is 0 Å². The molecule has 18 heavy (non-hydrogen) atoms. The van der Waals surface area contributed by atoms with Gasteiger partial charge < -0.3 is 10.1 Å². The molecule has 0 spiro atoms. The first-order chi connectivity index (χ1) is 8.67. The molecule has 0 saturated heterocycles. The Labute approximate surface area is 104 Å². The predicted molar refractivity (Wildman–Crippen MR) is 65.6 cm³/mol. The van der Waals surface area contributed by atoms with Gasteiger partial charge in [0.15, 0.2) is 0 Å². The van der Waals surface area contributed by atoms with E-state index in [-0.39, 0.29) is 5.75 Å². The number of rotatable bonds is 4. The number of hydrogen-bond acceptors (Lipinski definition) is 2. The molecule has 0 saturated carbocycles. The van der Waals surface area contributed by atoms with Gasteiger partial charge in [-0.25, -0.2) is 8.78 Å². The van der Waals surface area contributed by atoms with Gasteiger partial charge in [0.05, 0.1) is 0 Å². The van der Waals surface area contributed by atoms with Crippen LogP contribution in [0, 0.1) is 11.6 Å². The van der Waals surface area contributed by atoms with Gasteiger partial charge in [-0.3, -0.25) is 0 Å². The third-order valence-electron chi connectivity index (χ3n) is 2.38. The Hall–Kier alpha value is -1.94. The van der Waals surface area contributed by atoms with Gasteiger partial charge in [-0.1, -0.05) is 12.1 Å². The molecule has 2 aromatic carbocycles. The molecule has 2 nitrogen and oxygen atoms in total. The highest BCUT2D eigenvalue weighted by molar-refractivity contribution is 5.33. The molecule has 0 unspecified atom stereocenters. The molecule has 0 amide bonds. The van der Waals surface area contributed by atoms with Crippen molar-refractivity contribution in [2.45, 2.75) is 6.54 Å². The number of nitrogens with one attached hydrogen (secondary N) is 1. The summed E-state index contributed by atoms with van der Waals surface area (Å²) < 4.78 is 31.3. The Morgan fingerprint density at radius 2 is 1.56 bits per heavy atom. The zero-order valence-corrected chi connectivity index (χ0v) is 9.91. The van der Waals surface area contributed by atoms with Crippen LogP contribution < -0.4 is 10.1 Å². The van der Waals surface area contributed by atoms with Crippen LogP contribution in [0.15, 0.2) is 42.5 Å². The quantitative estimate of drug-likeness (QED) is 0.895. The molecule has 0 bridgehead atoms. The number of hydrogen-bond donors (Lipinski definition) is 1. The van der Waals surface area contributed by atoms with Gasteiger partial charge in [0.25, 0.3) is 0 Å². The molecule has 4 heteroatoms. The fourth-order valence-electron chi connectivity index (χ4n) is 1.60. The molecule has 0 aliphatic rings. The van der Waals surface area contributed by atoms with Crippen LogP contribution in [0.1, 0.15) is 5.56 Å². The number of benzene rings is 2. The van der Waals surface area contributed by atoms with Gasteiger partial charge in [0.1, 0.15) is 23.1 Å². The largest absolute Gasteiger partial charge is 0.457 e. The summed E-state index contributed by atoms with van der Waals surface area (Å²) in [7, 11) is 1.86. The van der Waals surface area contributed by atoms with Crippen molar-refractivity contribution < 1.29 is 13.5 Å². The maximum atomic E-state index is 13.0. The van der Waals surface area contributed by atoms with Crippen molar-refractivity contribution >= 4 is 0 Å². The Morgan fingerprint density at radius 1 is 0.944 bits per heavy atom. The lowest BCUT2D eigenvalue weighted by Gasteiger charge is -2.07. The first kappa shape index (κ1) is 12.5. The molecular weight excluding hydrogens is 236 g/mol. The molecule has 0 aliphatic heterocycles. The summed E-state index contributed by atoms with van der Waals surface area (Å²) in [6, 6.07) is 10.4. The third-order valence-corrected chi connectivity index (χ3v) is 2.38. The van der Waals surface area contributed by atoms with Crippen LogP contribution in [0.4, 0.5) is 8.78 Å². The molecule has 0 aromatic heterocycles. The summed E-state index contributed by atoms with van der Waals surface area (Å²) in [6.45, 7) is 0.759. The topological polar surface area (TPSA) is 21.3 Å². The van der Waals surface area contributed by atoms with Crippen molar-refractivity contribution in [3.63, 3.8) is 0 Å². The van der Waals surface area contributed by atoms with Crippen molar-refractivity contribution in [1.29, 1.82) is 0 Å². The van der Waals surface area contributed by atoms with Gasteiger partial charge in [-0.05, 0) is 24.7 Å². The van der Waals surface area contributed by atoms with E-state index < -0.39 is 11.6 Å². The molecular formula is C14H13F2NO. The van der Waals surface area contributed by atoms with E-state index in [9.17, 15) is 8.78 Å². The van der Waals surface area contributed by atoms with Gasteiger partial charge in [-0.2, -0.15) is 0 Å². The predicted octanol–water partition coefficient (Wildman–Crippen LogP) is 3.48. The Kier molecular flexibility index (Phi) is 3.89. The number of halogens is 2. The zero-order valence-electron chi connectivity index (χ0n) is 9.91. The molecule has 0 radical (unpaired) electrons. The summed E-state index contributed by atoms with van der Waals surface area (Å²) in [6.07, 6.45) is 0. The van der Waals surface area contributed by atoms with Crippen LogP contribution in [-0.2, 0) is 6.54 Å². The van der Waals surface area contributed by atoms with E-state index in [1.807, 2.05) is 19.2 Å². The minimum atomic E-state index is -0.656. The molecule has 2 rings (SSSR count). The van der Waals surface area contributed by atoms with Crippen molar-refractivity contribution in [2.75, 3.05) is 7.05 Å². The fourth-order valence-corrected chi connectivity index (χ4v) is 1.60. The average Bonchev–Trinajstić information content (AvgIpc) is 2.31. The van der Waals surface area contributed by atoms with Crippen LogP contribution in [0.5, 0.6) is 11.5 Å². The molecule has 2 aromatic rings. The van der Waals surface area contributed by atoms with Crippen molar-refractivity contribution in [3.8, 4) is 11.5 Å². The van der Waals surface area contributed by atoms with Crippen LogP contribution >= 0.6 is 0 Å². The molecule has 0 atom stereocenters. The lowest BCUT2D eigenvalue weighted by atomic mass is 10.2. The Morgan fingerprint density at radius 3 is 2.11 bits per heavy atom. The van der Waals surface area contributed by atoms with Crippen LogP contribution in [-0.4, -0.2) is 7.05 Å². The van der Waals surface area contributed by atoms with E-state index in [1.165, 1.54) is 0 Å². The first-order valence-electron chi connectivity index (χ1n) is 5.55. The maximum Gasteiger partial charge on any atom is 0.133 e. The Balaban J connectivity index is 2.13. The summed E-state index contributed by atoms with van der Waals surface area (Å²) >= 11 is 0. The monoisotopic (exact) mass is 249 g/mol. The summed E-state index contributed by atoms with van der Waals surface area (Å²) in [4.78, 5) is 0. The maximum absolute atomic E-state index is 13.0. The number of ether oxygens (including phenoxy) is 1. The second-order valence-corrected chi connectivity index (χ2v) is 3.88. The summed E-state index contributed by atoms with van der Waals surface area (Å²) in [5.41, 5.74) is 1.11. The highest BCUT2D eigenvalue weighted by Gasteiger charge is 2.03. The highest BCUT2D eigenvalue weighted by Crippen LogP contribution is 2.23. The molecule has 0 fully saturated rings. The van der Waals surface area contributed by atoms with E-state index in [0.717, 1.165) is 30.3 Å². The van der Waals surface area contributed by atoms with E-state index in [2.05, 4.69) is 5.32 Å². The van der Waals surface area contributed by atoms with Crippen molar-refractivity contribution in [1.82, 2.24) is 5.32 Å². The van der Waals surface area contributed by atoms with Gasteiger partial charge >= 0.3 is 0 Å². The summed E-state index contributed by atoms with van der Waals surface area (Å²) in [5, 5.41) is 3.03. The smallest absolute Gasteiger partial charge is 0.133 e. The molecule has 0 aliphatic carbocycles. The zero-order chi connectivity index (χ0) is 13.0. The third kappa shape index (κ3) is 3.28. The van der Waals surface area contributed by atoms with E-state index in [0.29, 0.717) is 5.75 Å². The van der Waals surface area contributed by atoms with Crippen molar-refractivity contribution in [2.24, 2.45) is 0 Å². The van der Waals surface area contributed by atoms with Crippen LogP contribution in [0.3, 0.4) is 0 Å². The SMILES string of the molecule is CNCc1ccc(Oc2cc(F)cc(F)c2)cc1. The highest BCUT2D eigenvalue weighted by atomic mass is 19.1. The fraction of sp³-hybridized carbons (Fsp3) is 0.143. The Bertz CT molecular complexity index is 506. The minimum Gasteiger partial charge on any atom is -0.457 e. The van der Waals surface area contributed by atoms with Crippen molar-refractivity contribution in [3.05, 3.63) is 59.7 Å². The standard InChI is InChI=1S/C14H13F2NO/c1-17-9-10-2-4-13(5-3-10)18-14-7-11(15)6-12(16)8-14/h2-8,17H,9H2,1H3. The normalized spacial score (nSPS) is 10.4. The van der Waals surface area contributed by atoms with Gasteiger partial charge in [-0.15, -0.1) is 0 Å². The molecule has 0 heterocycles. The van der Waals surface area contributed by atoms with E-state index >= 15 is 0 Å². The minimum absolute atomic E-state index is 0.147. The van der Waals surface area contributed by atoms with Crippen LogP contribution in [0.25, 0.3) is 0 Å². The van der Waals surface area contributed by atoms with E-state index in [4.69, 9.17) is 4.74 Å². The first-order valence-corrected chi connectivity index (χ1v) is 5.55. The molecule has 1 N–H and O–H groups in total. The second-order valence-electron chi connectivity index (χ2n) is 3.88. The van der Waals surface area contributed by atoms with Gasteiger partial charge in [0, 0.05) is 24.7 Å². The lowest BCUT2D eigenvalue weighted by molar-refractivity contribution is 0.468. The lowest BCUT2D eigenvalue weighted by Crippen LogP contribution is -2.04. The molecule has 94 valence electrons. The summed E-state index contributed by atoms with van der Waals surface area (Å²) in [5.74, 6) is -0.623.